The van der Waals surface area contributed by atoms with E-state index >= 15 is 0 Å². The predicted molar refractivity (Wildman–Crippen MR) is 52.4 cm³/mol. The van der Waals surface area contributed by atoms with Gasteiger partial charge in [0.05, 0.1) is 0 Å². The molecule has 1 aliphatic heterocycles. The number of nitrogens with one attached hydrogen (secondary N) is 1. The summed E-state index contributed by atoms with van der Waals surface area (Å²) < 4.78 is 35.5. The maximum absolute atomic E-state index is 11.8. The van der Waals surface area contributed by atoms with Crippen molar-refractivity contribution >= 4 is 11.8 Å². The van der Waals surface area contributed by atoms with Crippen LogP contribution in [0.5, 0.6) is 0 Å². The zero-order chi connectivity index (χ0) is 10.6. The van der Waals surface area contributed by atoms with E-state index in [1.807, 2.05) is 6.92 Å². The second-order valence-corrected chi connectivity index (χ2v) is 4.54. The van der Waals surface area contributed by atoms with Gasteiger partial charge in [-0.1, -0.05) is 0 Å². The minimum absolute atomic E-state index is 0.0672. The minimum atomic E-state index is -4.09. The van der Waals surface area contributed by atoms with Crippen LogP contribution in [0.3, 0.4) is 0 Å². The van der Waals surface area contributed by atoms with Crippen LogP contribution in [0.25, 0.3) is 0 Å². The summed E-state index contributed by atoms with van der Waals surface area (Å²) in [6, 6.07) is 0.345. The number of alkyl halides is 3. The molecule has 1 N–H and O–H groups in total. The highest BCUT2D eigenvalue weighted by molar-refractivity contribution is 8.00. The molecule has 1 fully saturated rings. The van der Waals surface area contributed by atoms with E-state index in [1.165, 1.54) is 0 Å². The van der Waals surface area contributed by atoms with E-state index in [9.17, 15) is 13.2 Å². The van der Waals surface area contributed by atoms with Crippen LogP contribution in [-0.2, 0) is 0 Å². The molecule has 2 nitrogen and oxygen atoms in total. The summed E-state index contributed by atoms with van der Waals surface area (Å²) in [6.07, 6.45) is 0. The third kappa shape index (κ3) is 4.52. The van der Waals surface area contributed by atoms with Gasteiger partial charge in [-0.3, -0.25) is 4.90 Å². The Labute approximate surface area is 86.2 Å². The first-order valence-corrected chi connectivity index (χ1v) is 5.63. The van der Waals surface area contributed by atoms with Crippen molar-refractivity contribution in [1.82, 2.24) is 10.2 Å². The minimum Gasteiger partial charge on any atom is -0.314 e. The van der Waals surface area contributed by atoms with Crippen molar-refractivity contribution in [3.05, 3.63) is 0 Å². The maximum atomic E-state index is 11.8. The normalized spacial score (nSPS) is 25.3. The van der Waals surface area contributed by atoms with E-state index in [1.54, 1.807) is 0 Å². The molecule has 84 valence electrons. The molecule has 0 amide bonds. The Morgan fingerprint density at radius 3 is 2.79 bits per heavy atom. The molecule has 0 aromatic carbocycles. The Morgan fingerprint density at radius 1 is 1.50 bits per heavy atom. The molecule has 1 heterocycles. The third-order valence-electron chi connectivity index (χ3n) is 2.28. The fourth-order valence-electron chi connectivity index (χ4n) is 1.49. The molecule has 0 aromatic heterocycles. The van der Waals surface area contributed by atoms with E-state index in [2.05, 4.69) is 10.2 Å². The fourth-order valence-corrected chi connectivity index (χ4v) is 2.05. The van der Waals surface area contributed by atoms with Gasteiger partial charge in [0.2, 0.25) is 0 Å². The van der Waals surface area contributed by atoms with Crippen molar-refractivity contribution in [2.24, 2.45) is 0 Å². The fraction of sp³-hybridized carbons (Fsp3) is 1.00. The average molecular weight is 228 g/mol. The Kier molecular flexibility index (Phi) is 4.53. The van der Waals surface area contributed by atoms with Crippen LogP contribution in [0.2, 0.25) is 0 Å². The summed E-state index contributed by atoms with van der Waals surface area (Å²) in [4.78, 5) is 2.09. The van der Waals surface area contributed by atoms with E-state index < -0.39 is 5.51 Å². The largest absolute Gasteiger partial charge is 0.441 e. The maximum Gasteiger partial charge on any atom is 0.441 e. The summed E-state index contributed by atoms with van der Waals surface area (Å²) in [7, 11) is 0. The van der Waals surface area contributed by atoms with E-state index in [4.69, 9.17) is 0 Å². The SMILES string of the molecule is CC1CNCCN1CCSC(F)(F)F. The van der Waals surface area contributed by atoms with Gasteiger partial charge in [0.25, 0.3) is 0 Å². The lowest BCUT2D eigenvalue weighted by atomic mass is 10.2. The number of piperazine rings is 1. The quantitative estimate of drug-likeness (QED) is 0.788. The summed E-state index contributed by atoms with van der Waals surface area (Å²) in [5.41, 5.74) is -4.09. The van der Waals surface area contributed by atoms with E-state index in [-0.39, 0.29) is 17.5 Å². The van der Waals surface area contributed by atoms with Crippen molar-refractivity contribution in [1.29, 1.82) is 0 Å². The van der Waals surface area contributed by atoms with Crippen molar-refractivity contribution in [2.45, 2.75) is 18.5 Å². The van der Waals surface area contributed by atoms with Gasteiger partial charge in [0.15, 0.2) is 0 Å². The van der Waals surface area contributed by atoms with Crippen LogP contribution >= 0.6 is 11.8 Å². The number of nitrogens with zero attached hydrogens (tertiary/aromatic N) is 1. The lowest BCUT2D eigenvalue weighted by Gasteiger charge is -2.33. The number of rotatable bonds is 3. The molecule has 1 atom stereocenters. The highest BCUT2D eigenvalue weighted by Crippen LogP contribution is 2.29. The molecule has 0 aromatic rings. The van der Waals surface area contributed by atoms with Crippen LogP contribution in [0.1, 0.15) is 6.92 Å². The Bertz CT molecular complexity index is 174. The molecule has 1 rings (SSSR count). The first-order chi connectivity index (χ1) is 6.49. The van der Waals surface area contributed by atoms with Crippen LogP contribution in [0.4, 0.5) is 13.2 Å². The Hall–Kier alpha value is 0.0600. The molecule has 0 saturated carbocycles. The molecule has 6 heteroatoms. The van der Waals surface area contributed by atoms with E-state index in [0.717, 1.165) is 19.6 Å². The average Bonchev–Trinajstić information content (AvgIpc) is 2.06. The summed E-state index contributed by atoms with van der Waals surface area (Å²) in [5.74, 6) is 0.133. The topological polar surface area (TPSA) is 15.3 Å². The highest BCUT2D eigenvalue weighted by atomic mass is 32.2. The molecular formula is C8H15F3N2S. The lowest BCUT2D eigenvalue weighted by molar-refractivity contribution is -0.0329. The second kappa shape index (κ2) is 5.23. The predicted octanol–water partition coefficient (Wildman–Crippen LogP) is 1.53. The first-order valence-electron chi connectivity index (χ1n) is 4.64. The summed E-state index contributed by atoms with van der Waals surface area (Å²) >= 11 is 0.0672. The van der Waals surface area contributed by atoms with Crippen molar-refractivity contribution in [3.8, 4) is 0 Å². The first kappa shape index (κ1) is 12.1. The van der Waals surface area contributed by atoms with Gasteiger partial charge in [0, 0.05) is 38.0 Å². The van der Waals surface area contributed by atoms with Crippen molar-refractivity contribution in [2.75, 3.05) is 31.9 Å². The molecule has 0 spiro atoms. The standard InChI is InChI=1S/C8H15F3N2S/c1-7-6-12-2-3-13(7)4-5-14-8(9,10)11/h7,12H,2-6H2,1H3. The molecule has 14 heavy (non-hydrogen) atoms. The molecule has 0 bridgehead atoms. The van der Waals surface area contributed by atoms with Crippen LogP contribution < -0.4 is 5.32 Å². The molecular weight excluding hydrogens is 213 g/mol. The monoisotopic (exact) mass is 228 g/mol. The van der Waals surface area contributed by atoms with Crippen molar-refractivity contribution < 1.29 is 13.2 Å². The van der Waals surface area contributed by atoms with Crippen LogP contribution in [-0.4, -0.2) is 48.4 Å². The Morgan fingerprint density at radius 2 is 2.21 bits per heavy atom. The Balaban J connectivity index is 2.17. The van der Waals surface area contributed by atoms with Gasteiger partial charge in [0.1, 0.15) is 0 Å². The summed E-state index contributed by atoms with van der Waals surface area (Å²) in [6.45, 7) is 5.15. The number of thioether (sulfide) groups is 1. The van der Waals surface area contributed by atoms with Gasteiger partial charge in [-0.05, 0) is 18.7 Å². The number of halogens is 3. The molecule has 1 aliphatic rings. The zero-order valence-corrected chi connectivity index (χ0v) is 8.92. The zero-order valence-electron chi connectivity index (χ0n) is 8.10. The van der Waals surface area contributed by atoms with Crippen LogP contribution in [0, 0.1) is 0 Å². The van der Waals surface area contributed by atoms with Crippen LogP contribution in [0.15, 0.2) is 0 Å². The molecule has 1 saturated heterocycles. The van der Waals surface area contributed by atoms with Gasteiger partial charge in [-0.2, -0.15) is 13.2 Å². The van der Waals surface area contributed by atoms with E-state index in [0.29, 0.717) is 12.6 Å². The molecule has 0 radical (unpaired) electrons. The summed E-state index contributed by atoms with van der Waals surface area (Å²) in [5, 5.41) is 3.20. The number of hydrogen-bond donors (Lipinski definition) is 1. The third-order valence-corrected chi connectivity index (χ3v) is 3.00. The second-order valence-electron chi connectivity index (χ2n) is 3.38. The smallest absolute Gasteiger partial charge is 0.314 e. The van der Waals surface area contributed by atoms with Crippen molar-refractivity contribution in [3.63, 3.8) is 0 Å². The lowest BCUT2D eigenvalue weighted by Crippen LogP contribution is -2.50. The van der Waals surface area contributed by atoms with Gasteiger partial charge >= 0.3 is 5.51 Å². The number of hydrogen-bond acceptors (Lipinski definition) is 3. The molecule has 1 unspecified atom stereocenters. The highest BCUT2D eigenvalue weighted by Gasteiger charge is 2.28. The molecule has 0 aliphatic carbocycles. The van der Waals surface area contributed by atoms with Gasteiger partial charge in [-0.15, -0.1) is 0 Å². The van der Waals surface area contributed by atoms with Gasteiger partial charge in [-0.25, -0.2) is 0 Å². The van der Waals surface area contributed by atoms with Gasteiger partial charge < -0.3 is 5.32 Å².